The minimum Gasteiger partial charge on any atom is -0.347 e. The van der Waals surface area contributed by atoms with Gasteiger partial charge in [-0.05, 0) is 25.8 Å². The van der Waals surface area contributed by atoms with Crippen LogP contribution >= 0.6 is 12.4 Å². The van der Waals surface area contributed by atoms with Gasteiger partial charge in [-0.1, -0.05) is 6.92 Å². The van der Waals surface area contributed by atoms with Crippen LogP contribution in [0.4, 0.5) is 0 Å². The second-order valence-electron chi connectivity index (χ2n) is 4.44. The summed E-state index contributed by atoms with van der Waals surface area (Å²) >= 11 is 0. The summed E-state index contributed by atoms with van der Waals surface area (Å²) in [7, 11) is 3.36. The Bertz CT molecular complexity index is 276. The number of likely N-dealkylation sites (N-methyl/N-ethyl adjacent to an activating group) is 1. The monoisotopic (exact) mass is 263 g/mol. The molecule has 5 nitrogen and oxygen atoms in total. The van der Waals surface area contributed by atoms with Gasteiger partial charge < -0.3 is 15.5 Å². The van der Waals surface area contributed by atoms with Crippen molar-refractivity contribution >= 4 is 24.2 Å². The molecule has 0 aromatic carbocycles. The number of rotatable bonds is 4. The molecule has 0 bridgehead atoms. The van der Waals surface area contributed by atoms with Crippen LogP contribution in [0.2, 0.25) is 0 Å². The number of hydrogen-bond donors (Lipinski definition) is 2. The average molecular weight is 264 g/mol. The van der Waals surface area contributed by atoms with Gasteiger partial charge in [-0.3, -0.25) is 9.59 Å². The molecule has 1 unspecified atom stereocenters. The van der Waals surface area contributed by atoms with E-state index in [1.807, 2.05) is 6.92 Å². The topological polar surface area (TPSA) is 61.4 Å². The minimum atomic E-state index is -0.452. The summed E-state index contributed by atoms with van der Waals surface area (Å²) in [5.41, 5.74) is -0.452. The van der Waals surface area contributed by atoms with Crippen molar-refractivity contribution in [1.29, 1.82) is 0 Å². The van der Waals surface area contributed by atoms with Crippen LogP contribution in [0, 0.1) is 0 Å². The normalized spacial score (nSPS) is 22.8. The Hall–Kier alpha value is -0.810. The molecule has 1 aliphatic rings. The molecule has 0 saturated carbocycles. The van der Waals surface area contributed by atoms with Crippen LogP contribution in [0.15, 0.2) is 0 Å². The summed E-state index contributed by atoms with van der Waals surface area (Å²) in [5.74, 6) is -0.139. The Morgan fingerprint density at radius 3 is 2.47 bits per heavy atom. The maximum Gasteiger partial charge on any atom is 0.241 e. The fourth-order valence-corrected chi connectivity index (χ4v) is 1.95. The van der Waals surface area contributed by atoms with E-state index in [9.17, 15) is 9.59 Å². The molecule has 0 spiro atoms. The lowest BCUT2D eigenvalue weighted by atomic mass is 9.93. The summed E-state index contributed by atoms with van der Waals surface area (Å²) in [6, 6.07) is 0. The lowest BCUT2D eigenvalue weighted by molar-refractivity contribution is -0.133. The molecular formula is C11H22ClN3O2. The number of amides is 2. The highest BCUT2D eigenvalue weighted by Gasteiger charge is 2.38. The van der Waals surface area contributed by atoms with Crippen LogP contribution in [-0.2, 0) is 9.59 Å². The third kappa shape index (κ3) is 3.85. The first-order chi connectivity index (χ1) is 7.52. The lowest BCUT2D eigenvalue weighted by Gasteiger charge is -2.26. The summed E-state index contributed by atoms with van der Waals surface area (Å²) in [5, 5.41) is 5.94. The fourth-order valence-electron chi connectivity index (χ4n) is 1.95. The molecule has 0 aliphatic carbocycles. The molecule has 100 valence electrons. The zero-order valence-electron chi connectivity index (χ0n) is 10.7. The third-order valence-corrected chi connectivity index (χ3v) is 3.18. The molecule has 1 saturated heterocycles. The Morgan fingerprint density at radius 2 is 2.06 bits per heavy atom. The fraction of sp³-hybridized carbons (Fsp3) is 0.818. The van der Waals surface area contributed by atoms with E-state index >= 15 is 0 Å². The molecule has 1 atom stereocenters. The van der Waals surface area contributed by atoms with Gasteiger partial charge in [0, 0.05) is 14.1 Å². The second-order valence-corrected chi connectivity index (χ2v) is 4.44. The number of carbonyl (C=O) groups is 2. The average Bonchev–Trinajstić information content (AvgIpc) is 2.74. The number of hydrogen-bond acceptors (Lipinski definition) is 3. The number of carbonyl (C=O) groups excluding carboxylic acids is 2. The third-order valence-electron chi connectivity index (χ3n) is 3.18. The maximum atomic E-state index is 12.0. The van der Waals surface area contributed by atoms with E-state index in [4.69, 9.17) is 0 Å². The van der Waals surface area contributed by atoms with Crippen LogP contribution in [-0.4, -0.2) is 49.4 Å². The van der Waals surface area contributed by atoms with E-state index in [0.717, 1.165) is 25.8 Å². The van der Waals surface area contributed by atoms with Crippen molar-refractivity contribution in [1.82, 2.24) is 15.5 Å². The molecule has 1 fully saturated rings. The van der Waals surface area contributed by atoms with Crippen molar-refractivity contribution in [3.05, 3.63) is 0 Å². The molecule has 0 aromatic heterocycles. The van der Waals surface area contributed by atoms with Crippen molar-refractivity contribution < 1.29 is 9.59 Å². The van der Waals surface area contributed by atoms with E-state index in [1.54, 1.807) is 14.1 Å². The zero-order valence-corrected chi connectivity index (χ0v) is 11.5. The molecule has 1 rings (SSSR count). The Morgan fingerprint density at radius 1 is 1.41 bits per heavy atom. The molecule has 17 heavy (non-hydrogen) atoms. The van der Waals surface area contributed by atoms with Gasteiger partial charge in [0.2, 0.25) is 11.8 Å². The molecule has 0 radical (unpaired) electrons. The van der Waals surface area contributed by atoms with Crippen LogP contribution in [0.25, 0.3) is 0 Å². The zero-order chi connectivity index (χ0) is 12.2. The number of halogens is 1. The van der Waals surface area contributed by atoms with Crippen LogP contribution in [0.1, 0.15) is 26.2 Å². The van der Waals surface area contributed by atoms with E-state index in [0.29, 0.717) is 0 Å². The first-order valence-corrected chi connectivity index (χ1v) is 5.75. The predicted molar refractivity (Wildman–Crippen MR) is 69.2 cm³/mol. The smallest absolute Gasteiger partial charge is 0.241 e. The van der Waals surface area contributed by atoms with Crippen LogP contribution in [0.3, 0.4) is 0 Å². The summed E-state index contributed by atoms with van der Waals surface area (Å²) < 4.78 is 0. The summed E-state index contributed by atoms with van der Waals surface area (Å²) in [6.07, 6.45) is 2.63. The van der Waals surface area contributed by atoms with Crippen LogP contribution in [0.5, 0.6) is 0 Å². The standard InChI is InChI=1S/C11H21N3O2.ClH/c1-4-11(6-5-7-13-11)10(16)12-8-9(15)14(2)3;/h13H,4-8H2,1-3H3,(H,12,16);1H. The minimum absolute atomic E-state index is 0. The summed E-state index contributed by atoms with van der Waals surface area (Å²) in [6.45, 7) is 2.95. The Labute approximate surface area is 109 Å². The Balaban J connectivity index is 0.00000256. The van der Waals surface area contributed by atoms with Gasteiger partial charge in [0.1, 0.15) is 0 Å². The molecule has 0 aromatic rings. The van der Waals surface area contributed by atoms with Gasteiger partial charge in [-0.25, -0.2) is 0 Å². The van der Waals surface area contributed by atoms with Crippen molar-refractivity contribution in [2.45, 2.75) is 31.7 Å². The number of nitrogens with one attached hydrogen (secondary N) is 2. The van der Waals surface area contributed by atoms with Gasteiger partial charge in [0.25, 0.3) is 0 Å². The van der Waals surface area contributed by atoms with Crippen molar-refractivity contribution in [3.63, 3.8) is 0 Å². The van der Waals surface area contributed by atoms with Crippen molar-refractivity contribution in [3.8, 4) is 0 Å². The maximum absolute atomic E-state index is 12.0. The largest absolute Gasteiger partial charge is 0.347 e. The molecule has 6 heteroatoms. The van der Waals surface area contributed by atoms with Gasteiger partial charge in [0.05, 0.1) is 12.1 Å². The highest BCUT2D eigenvalue weighted by Crippen LogP contribution is 2.22. The predicted octanol–water partition coefficient (Wildman–Crippen LogP) is 0.145. The summed E-state index contributed by atoms with van der Waals surface area (Å²) in [4.78, 5) is 24.8. The van der Waals surface area contributed by atoms with Gasteiger partial charge in [0.15, 0.2) is 0 Å². The highest BCUT2D eigenvalue weighted by molar-refractivity contribution is 5.90. The Kier molecular flexibility index (Phi) is 6.49. The van der Waals surface area contributed by atoms with E-state index in [2.05, 4.69) is 10.6 Å². The quantitative estimate of drug-likeness (QED) is 0.759. The van der Waals surface area contributed by atoms with E-state index in [1.165, 1.54) is 4.90 Å². The first kappa shape index (κ1) is 16.2. The molecule has 2 amide bonds. The van der Waals surface area contributed by atoms with Gasteiger partial charge in [-0.2, -0.15) is 0 Å². The first-order valence-electron chi connectivity index (χ1n) is 5.75. The van der Waals surface area contributed by atoms with E-state index in [-0.39, 0.29) is 30.8 Å². The van der Waals surface area contributed by atoms with Crippen molar-refractivity contribution in [2.75, 3.05) is 27.2 Å². The molecule has 1 aliphatic heterocycles. The SMILES string of the molecule is CCC1(C(=O)NCC(=O)N(C)C)CCCN1.Cl. The van der Waals surface area contributed by atoms with Crippen LogP contribution < -0.4 is 10.6 Å². The molecule has 2 N–H and O–H groups in total. The highest BCUT2D eigenvalue weighted by atomic mass is 35.5. The molecule has 1 heterocycles. The molecular weight excluding hydrogens is 242 g/mol. The lowest BCUT2D eigenvalue weighted by Crippen LogP contribution is -2.54. The van der Waals surface area contributed by atoms with E-state index < -0.39 is 5.54 Å². The van der Waals surface area contributed by atoms with Gasteiger partial charge in [-0.15, -0.1) is 12.4 Å². The van der Waals surface area contributed by atoms with Crippen molar-refractivity contribution in [2.24, 2.45) is 0 Å². The number of nitrogens with zero attached hydrogens (tertiary/aromatic N) is 1. The second kappa shape index (κ2) is 6.81. The van der Waals surface area contributed by atoms with Gasteiger partial charge >= 0.3 is 0 Å².